The molecule has 1 aromatic rings. The van der Waals surface area contributed by atoms with Crippen molar-refractivity contribution in [3.05, 3.63) is 17.0 Å². The van der Waals surface area contributed by atoms with Gasteiger partial charge in [-0.1, -0.05) is 0 Å². The Balaban J connectivity index is 2.62. The van der Waals surface area contributed by atoms with E-state index in [0.29, 0.717) is 10.3 Å². The van der Waals surface area contributed by atoms with E-state index in [2.05, 4.69) is 25.9 Å². The van der Waals surface area contributed by atoms with Crippen LogP contribution in [0.1, 0.15) is 6.42 Å². The average molecular weight is 284 g/mol. The second-order valence-corrected chi connectivity index (χ2v) is 3.84. The van der Waals surface area contributed by atoms with Crippen LogP contribution in [0.5, 0.6) is 0 Å². The molecular weight excluding hydrogens is 275 g/mol. The van der Waals surface area contributed by atoms with Gasteiger partial charge in [-0.05, 0) is 15.9 Å². The first-order valence-electron chi connectivity index (χ1n) is 4.13. The number of aromatic nitrogens is 2. The Morgan fingerprint density at radius 3 is 2.67 bits per heavy atom. The Morgan fingerprint density at radius 1 is 1.47 bits per heavy atom. The van der Waals surface area contributed by atoms with Crippen LogP contribution in [-0.4, -0.2) is 29.7 Å². The molecule has 0 N–H and O–H groups in total. The maximum Gasteiger partial charge on any atom is 0.390 e. The van der Waals surface area contributed by atoms with Gasteiger partial charge in [0.05, 0.1) is 10.9 Å². The van der Waals surface area contributed by atoms with E-state index >= 15 is 0 Å². The average Bonchev–Trinajstić information content (AvgIpc) is 2.14. The molecule has 1 heterocycles. The lowest BCUT2D eigenvalue weighted by Gasteiger charge is -2.19. The largest absolute Gasteiger partial charge is 0.390 e. The number of nitrogens with zero attached hydrogens (tertiary/aromatic N) is 3. The molecule has 0 aromatic carbocycles. The molecule has 0 bridgehead atoms. The van der Waals surface area contributed by atoms with Crippen molar-refractivity contribution < 1.29 is 13.2 Å². The van der Waals surface area contributed by atoms with E-state index in [1.807, 2.05) is 0 Å². The summed E-state index contributed by atoms with van der Waals surface area (Å²) in [6.45, 7) is -0.126. The number of halogens is 4. The molecule has 15 heavy (non-hydrogen) atoms. The van der Waals surface area contributed by atoms with Crippen molar-refractivity contribution in [2.75, 3.05) is 18.5 Å². The molecular formula is C8H9BrF3N3. The Kier molecular flexibility index (Phi) is 3.90. The van der Waals surface area contributed by atoms with Gasteiger partial charge < -0.3 is 4.90 Å². The fraction of sp³-hybridized carbons (Fsp3) is 0.500. The molecule has 0 aliphatic carbocycles. The summed E-state index contributed by atoms with van der Waals surface area (Å²) in [5, 5.41) is 0. The van der Waals surface area contributed by atoms with Crippen LogP contribution in [0.2, 0.25) is 0 Å². The fourth-order valence-electron chi connectivity index (χ4n) is 0.987. The van der Waals surface area contributed by atoms with Crippen LogP contribution in [0, 0.1) is 0 Å². The number of hydrogen-bond acceptors (Lipinski definition) is 3. The normalized spacial score (nSPS) is 11.5. The van der Waals surface area contributed by atoms with Gasteiger partial charge in [0.2, 0.25) is 0 Å². The molecule has 0 radical (unpaired) electrons. The Morgan fingerprint density at radius 2 is 2.13 bits per heavy atom. The van der Waals surface area contributed by atoms with Crippen LogP contribution >= 0.6 is 15.9 Å². The molecule has 84 valence electrons. The first-order chi connectivity index (χ1) is 6.90. The zero-order chi connectivity index (χ0) is 11.5. The first-order valence-corrected chi connectivity index (χ1v) is 4.93. The lowest BCUT2D eigenvalue weighted by molar-refractivity contribution is -0.132. The summed E-state index contributed by atoms with van der Waals surface area (Å²) in [5.41, 5.74) is 0. The lowest BCUT2D eigenvalue weighted by Crippen LogP contribution is -2.25. The SMILES string of the molecule is CN(CCC(F)(F)F)c1ncncc1Br. The van der Waals surface area contributed by atoms with Gasteiger partial charge in [0, 0.05) is 19.8 Å². The second-order valence-electron chi connectivity index (χ2n) is 2.98. The Labute approximate surface area is 93.5 Å². The van der Waals surface area contributed by atoms with Gasteiger partial charge in [0.25, 0.3) is 0 Å². The molecule has 0 fully saturated rings. The number of alkyl halides is 3. The highest BCUT2D eigenvalue weighted by Gasteiger charge is 2.27. The van der Waals surface area contributed by atoms with Gasteiger partial charge in [0.1, 0.15) is 12.1 Å². The zero-order valence-electron chi connectivity index (χ0n) is 7.92. The van der Waals surface area contributed by atoms with Crippen LogP contribution in [0.3, 0.4) is 0 Å². The van der Waals surface area contributed by atoms with Crippen molar-refractivity contribution in [3.63, 3.8) is 0 Å². The minimum Gasteiger partial charge on any atom is -0.358 e. The molecule has 0 saturated heterocycles. The summed E-state index contributed by atoms with van der Waals surface area (Å²) in [6, 6.07) is 0. The van der Waals surface area contributed by atoms with Crippen molar-refractivity contribution in [1.82, 2.24) is 9.97 Å². The number of hydrogen-bond donors (Lipinski definition) is 0. The first kappa shape index (κ1) is 12.2. The summed E-state index contributed by atoms with van der Waals surface area (Å²) >= 11 is 3.17. The highest BCUT2D eigenvalue weighted by atomic mass is 79.9. The summed E-state index contributed by atoms with van der Waals surface area (Å²) < 4.78 is 36.5. The van der Waals surface area contributed by atoms with E-state index in [4.69, 9.17) is 0 Å². The molecule has 0 spiro atoms. The van der Waals surface area contributed by atoms with E-state index in [0.717, 1.165) is 0 Å². The molecule has 7 heteroatoms. The van der Waals surface area contributed by atoms with Crippen molar-refractivity contribution >= 4 is 21.7 Å². The summed E-state index contributed by atoms with van der Waals surface area (Å²) in [6.07, 6.45) is -2.22. The summed E-state index contributed by atoms with van der Waals surface area (Å²) in [5.74, 6) is 0.453. The summed E-state index contributed by atoms with van der Waals surface area (Å²) in [7, 11) is 1.55. The standard InChI is InChI=1S/C8H9BrF3N3/c1-15(3-2-8(10,11)12)7-6(9)4-13-5-14-7/h4-5H,2-3H2,1H3. The van der Waals surface area contributed by atoms with E-state index in [1.54, 1.807) is 7.05 Å². The maximum absolute atomic E-state index is 12.0. The molecule has 0 saturated carbocycles. The van der Waals surface area contributed by atoms with Crippen LogP contribution < -0.4 is 4.90 Å². The van der Waals surface area contributed by atoms with Crippen molar-refractivity contribution in [3.8, 4) is 0 Å². The molecule has 3 nitrogen and oxygen atoms in total. The van der Waals surface area contributed by atoms with Crippen LogP contribution in [0.15, 0.2) is 17.0 Å². The minimum absolute atomic E-state index is 0.126. The molecule has 1 rings (SSSR count). The third-order valence-electron chi connectivity index (χ3n) is 1.74. The highest BCUT2D eigenvalue weighted by Crippen LogP contribution is 2.24. The van der Waals surface area contributed by atoms with Gasteiger partial charge in [-0.2, -0.15) is 13.2 Å². The predicted octanol–water partition coefficient (Wildman–Crippen LogP) is 2.63. The number of anilines is 1. The van der Waals surface area contributed by atoms with Crippen LogP contribution in [0.25, 0.3) is 0 Å². The smallest absolute Gasteiger partial charge is 0.358 e. The van der Waals surface area contributed by atoms with Gasteiger partial charge in [0.15, 0.2) is 0 Å². The van der Waals surface area contributed by atoms with Gasteiger partial charge in [-0.15, -0.1) is 0 Å². The minimum atomic E-state index is -4.15. The Bertz CT molecular complexity index is 329. The molecule has 0 unspecified atom stereocenters. The van der Waals surface area contributed by atoms with Crippen molar-refractivity contribution in [1.29, 1.82) is 0 Å². The molecule has 0 atom stereocenters. The van der Waals surface area contributed by atoms with E-state index in [9.17, 15) is 13.2 Å². The third-order valence-corrected chi connectivity index (χ3v) is 2.30. The summed E-state index contributed by atoms with van der Waals surface area (Å²) in [4.78, 5) is 9.04. The maximum atomic E-state index is 12.0. The van der Waals surface area contributed by atoms with Crippen molar-refractivity contribution in [2.24, 2.45) is 0 Å². The van der Waals surface area contributed by atoms with Crippen LogP contribution in [0.4, 0.5) is 19.0 Å². The monoisotopic (exact) mass is 283 g/mol. The molecule has 0 aliphatic heterocycles. The van der Waals surface area contributed by atoms with Crippen molar-refractivity contribution in [2.45, 2.75) is 12.6 Å². The molecule has 0 aliphatic rings. The Hall–Kier alpha value is -0.850. The van der Waals surface area contributed by atoms with Crippen LogP contribution in [-0.2, 0) is 0 Å². The quantitative estimate of drug-likeness (QED) is 0.854. The third kappa shape index (κ3) is 4.03. The topological polar surface area (TPSA) is 29.0 Å². The predicted molar refractivity (Wildman–Crippen MR) is 53.7 cm³/mol. The van der Waals surface area contributed by atoms with E-state index in [1.165, 1.54) is 17.4 Å². The van der Waals surface area contributed by atoms with E-state index in [-0.39, 0.29) is 6.54 Å². The second kappa shape index (κ2) is 4.78. The van der Waals surface area contributed by atoms with Gasteiger partial charge in [-0.25, -0.2) is 9.97 Å². The van der Waals surface area contributed by atoms with E-state index < -0.39 is 12.6 Å². The lowest BCUT2D eigenvalue weighted by atomic mass is 10.4. The zero-order valence-corrected chi connectivity index (χ0v) is 9.51. The number of rotatable bonds is 3. The van der Waals surface area contributed by atoms with Gasteiger partial charge in [-0.3, -0.25) is 0 Å². The van der Waals surface area contributed by atoms with Gasteiger partial charge >= 0.3 is 6.18 Å². The molecule has 1 aromatic heterocycles. The fourth-order valence-corrected chi connectivity index (χ4v) is 1.51. The highest BCUT2D eigenvalue weighted by molar-refractivity contribution is 9.10. The molecule has 0 amide bonds.